The Morgan fingerprint density at radius 3 is 2.78 bits per heavy atom. The summed E-state index contributed by atoms with van der Waals surface area (Å²) in [5, 5.41) is 4.18. The van der Waals surface area contributed by atoms with Crippen LogP contribution in [0.25, 0.3) is 0 Å². The Labute approximate surface area is 53.5 Å². The number of carbonyl (C=O) groups is 1. The number of hydrazine groups is 1. The van der Waals surface area contributed by atoms with Gasteiger partial charge in [-0.3, -0.25) is 5.43 Å². The molecule has 0 radical (unpaired) electrons. The van der Waals surface area contributed by atoms with E-state index in [1.165, 1.54) is 0 Å². The van der Waals surface area contributed by atoms with Crippen molar-refractivity contribution >= 4 is 6.03 Å². The summed E-state index contributed by atoms with van der Waals surface area (Å²) in [4.78, 5) is 10.3. The Morgan fingerprint density at radius 1 is 1.89 bits per heavy atom. The lowest BCUT2D eigenvalue weighted by atomic mass is 10.7. The van der Waals surface area contributed by atoms with Gasteiger partial charge in [-0.25, -0.2) is 9.80 Å². The number of nitrogens with zero attached hydrogens (tertiary/aromatic N) is 2. The highest BCUT2D eigenvalue weighted by molar-refractivity contribution is 5.73. The molecule has 0 saturated carbocycles. The van der Waals surface area contributed by atoms with E-state index in [1.807, 2.05) is 6.92 Å². The molecular weight excluding hydrogens is 120 g/mol. The molecule has 5 nitrogen and oxygen atoms in total. The summed E-state index contributed by atoms with van der Waals surface area (Å²) in [5.74, 6) is 0. The van der Waals surface area contributed by atoms with E-state index >= 15 is 0 Å². The Balaban J connectivity index is 3.46. The van der Waals surface area contributed by atoms with E-state index in [9.17, 15) is 4.79 Å². The summed E-state index contributed by atoms with van der Waals surface area (Å²) in [6.07, 6.45) is 0. The summed E-state index contributed by atoms with van der Waals surface area (Å²) < 4.78 is 0. The molecular formula is C4H10N4O. The van der Waals surface area contributed by atoms with Gasteiger partial charge in [-0.2, -0.15) is 5.53 Å². The Hall–Kier alpha value is -0.970. The number of nitrogens with one attached hydrogen (secondary N) is 2. The van der Waals surface area contributed by atoms with Gasteiger partial charge in [0.05, 0.1) is 0 Å². The van der Waals surface area contributed by atoms with Crippen LogP contribution in [0.1, 0.15) is 6.92 Å². The fourth-order valence-electron chi connectivity index (χ4n) is 0.267. The number of urea groups is 1. The zero-order chi connectivity index (χ0) is 7.28. The SMILES string of the molecule is CCN(C)NC(=O)N=N. The second-order valence-corrected chi connectivity index (χ2v) is 1.54. The van der Waals surface area contributed by atoms with Crippen molar-refractivity contribution in [2.75, 3.05) is 13.6 Å². The second kappa shape index (κ2) is 3.96. The first-order chi connectivity index (χ1) is 4.20. The minimum atomic E-state index is -0.639. The fraction of sp³-hybridized carbons (Fsp3) is 0.750. The lowest BCUT2D eigenvalue weighted by Crippen LogP contribution is -2.36. The van der Waals surface area contributed by atoms with Crippen LogP contribution >= 0.6 is 0 Å². The molecule has 9 heavy (non-hydrogen) atoms. The summed E-state index contributed by atoms with van der Waals surface area (Å²) in [6.45, 7) is 2.57. The van der Waals surface area contributed by atoms with Crippen LogP contribution in [0.15, 0.2) is 5.11 Å². The molecule has 0 aliphatic carbocycles. The normalized spacial score (nSPS) is 9.22. The largest absolute Gasteiger partial charge is 0.373 e. The van der Waals surface area contributed by atoms with Gasteiger partial charge >= 0.3 is 6.03 Å². The van der Waals surface area contributed by atoms with Crippen molar-refractivity contribution in [2.45, 2.75) is 6.92 Å². The third-order valence-corrected chi connectivity index (χ3v) is 0.862. The van der Waals surface area contributed by atoms with Gasteiger partial charge in [-0.05, 0) is 0 Å². The van der Waals surface area contributed by atoms with Gasteiger partial charge in [0.2, 0.25) is 0 Å². The van der Waals surface area contributed by atoms with Gasteiger partial charge in [0.1, 0.15) is 0 Å². The molecule has 0 atom stereocenters. The average molecular weight is 130 g/mol. The van der Waals surface area contributed by atoms with Crippen LogP contribution in [0.4, 0.5) is 4.79 Å². The van der Waals surface area contributed by atoms with Crippen molar-refractivity contribution in [3.05, 3.63) is 0 Å². The van der Waals surface area contributed by atoms with Crippen molar-refractivity contribution < 1.29 is 4.79 Å². The van der Waals surface area contributed by atoms with Gasteiger partial charge in [0.25, 0.3) is 0 Å². The van der Waals surface area contributed by atoms with E-state index in [0.717, 1.165) is 0 Å². The van der Waals surface area contributed by atoms with Gasteiger partial charge in [0, 0.05) is 13.6 Å². The first-order valence-corrected chi connectivity index (χ1v) is 2.60. The van der Waals surface area contributed by atoms with Gasteiger partial charge in [0.15, 0.2) is 0 Å². The van der Waals surface area contributed by atoms with Crippen LogP contribution in [0.5, 0.6) is 0 Å². The molecule has 52 valence electrons. The summed E-state index contributed by atoms with van der Waals surface area (Å²) in [7, 11) is 1.70. The Kier molecular flexibility index (Phi) is 3.54. The zero-order valence-electron chi connectivity index (χ0n) is 5.51. The first-order valence-electron chi connectivity index (χ1n) is 2.60. The third kappa shape index (κ3) is 3.60. The highest BCUT2D eigenvalue weighted by Gasteiger charge is 1.97. The molecule has 0 aromatic carbocycles. The van der Waals surface area contributed by atoms with Crippen molar-refractivity contribution in [2.24, 2.45) is 5.11 Å². The fourth-order valence-corrected chi connectivity index (χ4v) is 0.267. The molecule has 0 rings (SSSR count). The molecule has 5 heteroatoms. The van der Waals surface area contributed by atoms with Gasteiger partial charge < -0.3 is 0 Å². The predicted molar refractivity (Wildman–Crippen MR) is 32.0 cm³/mol. The van der Waals surface area contributed by atoms with E-state index in [4.69, 9.17) is 5.53 Å². The molecule has 0 aromatic heterocycles. The molecule has 0 saturated heterocycles. The van der Waals surface area contributed by atoms with Crippen LogP contribution in [-0.2, 0) is 0 Å². The molecule has 0 fully saturated rings. The topological polar surface area (TPSA) is 68.6 Å². The van der Waals surface area contributed by atoms with Crippen LogP contribution in [0, 0.1) is 5.53 Å². The molecule has 2 amide bonds. The van der Waals surface area contributed by atoms with Crippen LogP contribution in [-0.4, -0.2) is 24.6 Å². The molecule has 0 heterocycles. The summed E-state index contributed by atoms with van der Waals surface area (Å²) >= 11 is 0. The van der Waals surface area contributed by atoms with E-state index < -0.39 is 6.03 Å². The number of carbonyl (C=O) groups excluding carboxylic acids is 1. The molecule has 0 aromatic rings. The minimum Gasteiger partial charge on any atom is -0.268 e. The quantitative estimate of drug-likeness (QED) is 0.424. The van der Waals surface area contributed by atoms with Crippen molar-refractivity contribution in [1.82, 2.24) is 10.4 Å². The maximum Gasteiger partial charge on any atom is 0.373 e. The van der Waals surface area contributed by atoms with Gasteiger partial charge in [-0.1, -0.05) is 12.0 Å². The maximum absolute atomic E-state index is 10.3. The molecule has 0 bridgehead atoms. The van der Waals surface area contributed by atoms with Crippen molar-refractivity contribution in [3.8, 4) is 0 Å². The second-order valence-electron chi connectivity index (χ2n) is 1.54. The number of amides is 2. The van der Waals surface area contributed by atoms with E-state index in [0.29, 0.717) is 6.54 Å². The molecule has 0 spiro atoms. The molecule has 0 aliphatic heterocycles. The maximum atomic E-state index is 10.3. The zero-order valence-corrected chi connectivity index (χ0v) is 5.51. The average Bonchev–Trinajstić information content (AvgIpc) is 1.87. The minimum absolute atomic E-state index is 0.639. The first kappa shape index (κ1) is 8.03. The van der Waals surface area contributed by atoms with Gasteiger partial charge in [-0.15, -0.1) is 0 Å². The van der Waals surface area contributed by atoms with Crippen LogP contribution in [0.2, 0.25) is 0 Å². The predicted octanol–water partition coefficient (Wildman–Crippen LogP) is 0.594. The number of hydrogen-bond acceptors (Lipinski definition) is 3. The van der Waals surface area contributed by atoms with Crippen molar-refractivity contribution in [1.29, 1.82) is 5.53 Å². The highest BCUT2D eigenvalue weighted by atomic mass is 16.2. The smallest absolute Gasteiger partial charge is 0.268 e. The van der Waals surface area contributed by atoms with E-state index in [1.54, 1.807) is 12.1 Å². The number of hydrogen-bond donors (Lipinski definition) is 2. The lowest BCUT2D eigenvalue weighted by molar-refractivity contribution is 0.208. The monoisotopic (exact) mass is 130 g/mol. The highest BCUT2D eigenvalue weighted by Crippen LogP contribution is 1.75. The standard InChI is InChI=1S/C4H10N4O/c1-3-8(2)7-4(9)6-5/h5H,3H2,1-2H3,(H,7,9). The molecule has 2 N–H and O–H groups in total. The Bertz CT molecular complexity index is 113. The van der Waals surface area contributed by atoms with Crippen molar-refractivity contribution in [3.63, 3.8) is 0 Å². The summed E-state index contributed by atoms with van der Waals surface area (Å²) in [6, 6.07) is -0.639. The lowest BCUT2D eigenvalue weighted by Gasteiger charge is -2.11. The van der Waals surface area contributed by atoms with E-state index in [2.05, 4.69) is 10.5 Å². The van der Waals surface area contributed by atoms with Crippen LogP contribution < -0.4 is 5.43 Å². The van der Waals surface area contributed by atoms with E-state index in [-0.39, 0.29) is 0 Å². The third-order valence-electron chi connectivity index (χ3n) is 0.862. The molecule has 0 aliphatic rings. The Morgan fingerprint density at radius 2 is 2.44 bits per heavy atom. The summed E-state index contributed by atoms with van der Waals surface area (Å²) in [5.41, 5.74) is 8.58. The number of rotatable bonds is 2. The molecule has 0 unspecified atom stereocenters. The van der Waals surface area contributed by atoms with Crippen LogP contribution in [0.3, 0.4) is 0 Å².